The van der Waals surface area contributed by atoms with Crippen molar-refractivity contribution in [1.29, 1.82) is 0 Å². The predicted molar refractivity (Wildman–Crippen MR) is 77.2 cm³/mol. The molecule has 20 heavy (non-hydrogen) atoms. The maximum Gasteiger partial charge on any atom is 0.325 e. The molecule has 0 amide bonds. The van der Waals surface area contributed by atoms with Crippen molar-refractivity contribution >= 4 is 27.4 Å². The number of nitrogens with zero attached hydrogens (tertiary/aromatic N) is 2. The number of rotatable bonds is 4. The van der Waals surface area contributed by atoms with Crippen LogP contribution < -0.4 is 15.2 Å². The third kappa shape index (κ3) is 3.05. The van der Waals surface area contributed by atoms with Gasteiger partial charge in [0.05, 0.1) is 23.3 Å². The summed E-state index contributed by atoms with van der Waals surface area (Å²) in [4.78, 5) is 19.6. The topological polar surface area (TPSA) is 87.3 Å². The SMILES string of the molecule is COc1nc(Oc2ccc(N)cc2C(C)=O)ncc1Br. The Morgan fingerprint density at radius 1 is 1.40 bits per heavy atom. The fourth-order valence-corrected chi connectivity index (χ4v) is 1.89. The van der Waals surface area contributed by atoms with Gasteiger partial charge in [-0.2, -0.15) is 4.98 Å². The number of carbonyl (C=O) groups excluding carboxylic acids is 1. The van der Waals surface area contributed by atoms with Gasteiger partial charge >= 0.3 is 6.01 Å². The predicted octanol–water partition coefficient (Wildman–Crippen LogP) is 2.82. The van der Waals surface area contributed by atoms with Gasteiger partial charge in [0.1, 0.15) is 5.75 Å². The number of aromatic nitrogens is 2. The number of halogens is 1. The van der Waals surface area contributed by atoms with E-state index in [0.29, 0.717) is 27.4 Å². The minimum atomic E-state index is -0.156. The molecule has 104 valence electrons. The van der Waals surface area contributed by atoms with Gasteiger partial charge in [-0.1, -0.05) is 0 Å². The number of nitrogen functional groups attached to an aromatic ring is 1. The molecule has 1 heterocycles. The number of hydrogen-bond donors (Lipinski definition) is 1. The maximum absolute atomic E-state index is 11.6. The molecule has 0 aliphatic heterocycles. The number of methoxy groups -OCH3 is 1. The van der Waals surface area contributed by atoms with Gasteiger partial charge in [0.2, 0.25) is 5.88 Å². The molecule has 0 unspecified atom stereocenters. The van der Waals surface area contributed by atoms with Crippen LogP contribution in [0.15, 0.2) is 28.9 Å². The molecule has 2 aromatic rings. The van der Waals surface area contributed by atoms with E-state index in [2.05, 4.69) is 25.9 Å². The second-order valence-electron chi connectivity index (χ2n) is 3.92. The van der Waals surface area contributed by atoms with Crippen molar-refractivity contribution in [3.8, 4) is 17.6 Å². The fraction of sp³-hybridized carbons (Fsp3) is 0.154. The highest BCUT2D eigenvalue weighted by Crippen LogP contribution is 2.28. The number of ether oxygens (including phenoxy) is 2. The number of benzene rings is 1. The zero-order valence-corrected chi connectivity index (χ0v) is 12.5. The van der Waals surface area contributed by atoms with Gasteiger partial charge in [0.15, 0.2) is 5.78 Å². The van der Waals surface area contributed by atoms with E-state index in [9.17, 15) is 4.79 Å². The van der Waals surface area contributed by atoms with E-state index >= 15 is 0 Å². The van der Waals surface area contributed by atoms with Crippen molar-refractivity contribution in [2.45, 2.75) is 6.92 Å². The minimum absolute atomic E-state index is 0.0809. The van der Waals surface area contributed by atoms with Crippen molar-refractivity contribution < 1.29 is 14.3 Å². The van der Waals surface area contributed by atoms with Crippen LogP contribution in [0.2, 0.25) is 0 Å². The Bertz CT molecular complexity index is 661. The molecular formula is C13H12BrN3O3. The summed E-state index contributed by atoms with van der Waals surface area (Å²) in [7, 11) is 1.49. The third-order valence-electron chi connectivity index (χ3n) is 2.47. The lowest BCUT2D eigenvalue weighted by molar-refractivity contribution is 0.101. The van der Waals surface area contributed by atoms with Crippen LogP contribution >= 0.6 is 15.9 Å². The van der Waals surface area contributed by atoms with Gasteiger partial charge in [-0.15, -0.1) is 0 Å². The molecule has 0 fully saturated rings. The molecule has 7 heteroatoms. The van der Waals surface area contributed by atoms with Crippen LogP contribution in [0, 0.1) is 0 Å². The first-order valence-electron chi connectivity index (χ1n) is 5.66. The molecule has 6 nitrogen and oxygen atoms in total. The van der Waals surface area contributed by atoms with Crippen molar-refractivity contribution in [1.82, 2.24) is 9.97 Å². The van der Waals surface area contributed by atoms with Crippen LogP contribution in [0.1, 0.15) is 17.3 Å². The summed E-state index contributed by atoms with van der Waals surface area (Å²) in [5, 5.41) is 0. The van der Waals surface area contributed by atoms with Gasteiger partial charge in [-0.05, 0) is 41.1 Å². The molecule has 0 aliphatic carbocycles. The van der Waals surface area contributed by atoms with E-state index in [1.54, 1.807) is 18.2 Å². The summed E-state index contributed by atoms with van der Waals surface area (Å²) >= 11 is 3.25. The van der Waals surface area contributed by atoms with Crippen molar-refractivity contribution in [2.75, 3.05) is 12.8 Å². The monoisotopic (exact) mass is 337 g/mol. The van der Waals surface area contributed by atoms with Gasteiger partial charge < -0.3 is 15.2 Å². The smallest absolute Gasteiger partial charge is 0.325 e. The normalized spacial score (nSPS) is 10.2. The first-order chi connectivity index (χ1) is 9.51. The summed E-state index contributed by atoms with van der Waals surface area (Å²) in [5.74, 6) is 0.530. The molecule has 0 saturated carbocycles. The van der Waals surface area contributed by atoms with Crippen LogP contribution in [0.4, 0.5) is 5.69 Å². The van der Waals surface area contributed by atoms with E-state index in [4.69, 9.17) is 15.2 Å². The summed E-state index contributed by atoms with van der Waals surface area (Å²) in [6.45, 7) is 1.44. The maximum atomic E-state index is 11.6. The molecular weight excluding hydrogens is 326 g/mol. The quantitative estimate of drug-likeness (QED) is 0.681. The lowest BCUT2D eigenvalue weighted by atomic mass is 10.1. The Labute approximate surface area is 124 Å². The Hall–Kier alpha value is -2.15. The largest absolute Gasteiger partial charge is 0.480 e. The molecule has 1 aromatic carbocycles. The van der Waals surface area contributed by atoms with E-state index in [1.807, 2.05) is 0 Å². The first-order valence-corrected chi connectivity index (χ1v) is 6.45. The fourth-order valence-electron chi connectivity index (χ4n) is 1.54. The zero-order valence-electron chi connectivity index (χ0n) is 10.9. The van der Waals surface area contributed by atoms with Crippen LogP contribution in [0.5, 0.6) is 17.6 Å². The Morgan fingerprint density at radius 2 is 2.15 bits per heavy atom. The minimum Gasteiger partial charge on any atom is -0.480 e. The van der Waals surface area contributed by atoms with E-state index in [-0.39, 0.29) is 11.8 Å². The number of ketones is 1. The summed E-state index contributed by atoms with van der Waals surface area (Å²) < 4.78 is 11.2. The number of Topliss-reactive ketones (excluding diaryl/α,β-unsaturated/α-hetero) is 1. The zero-order chi connectivity index (χ0) is 14.7. The molecule has 0 aliphatic rings. The highest BCUT2D eigenvalue weighted by Gasteiger charge is 2.13. The lowest BCUT2D eigenvalue weighted by Gasteiger charge is -2.09. The van der Waals surface area contributed by atoms with Crippen LogP contribution in [-0.2, 0) is 0 Å². The Balaban J connectivity index is 2.37. The van der Waals surface area contributed by atoms with E-state index in [0.717, 1.165) is 0 Å². The summed E-state index contributed by atoms with van der Waals surface area (Å²) in [6, 6.07) is 4.87. The van der Waals surface area contributed by atoms with Crippen LogP contribution in [0.3, 0.4) is 0 Å². The Morgan fingerprint density at radius 3 is 2.80 bits per heavy atom. The summed E-state index contributed by atoms with van der Waals surface area (Å²) in [5.41, 5.74) is 6.51. The highest BCUT2D eigenvalue weighted by atomic mass is 79.9. The number of nitrogens with two attached hydrogens (primary N) is 1. The van der Waals surface area contributed by atoms with E-state index in [1.165, 1.54) is 20.2 Å². The molecule has 0 bridgehead atoms. The summed E-state index contributed by atoms with van der Waals surface area (Å²) in [6.07, 6.45) is 1.51. The van der Waals surface area contributed by atoms with Crippen LogP contribution in [-0.4, -0.2) is 22.9 Å². The van der Waals surface area contributed by atoms with E-state index < -0.39 is 0 Å². The van der Waals surface area contributed by atoms with Crippen molar-refractivity contribution in [3.63, 3.8) is 0 Å². The molecule has 0 saturated heterocycles. The van der Waals surface area contributed by atoms with Crippen molar-refractivity contribution in [2.24, 2.45) is 0 Å². The number of carbonyl (C=O) groups is 1. The lowest BCUT2D eigenvalue weighted by Crippen LogP contribution is -2.01. The average molecular weight is 338 g/mol. The second kappa shape index (κ2) is 5.87. The van der Waals surface area contributed by atoms with Gasteiger partial charge in [0.25, 0.3) is 0 Å². The third-order valence-corrected chi connectivity index (χ3v) is 3.01. The molecule has 2 rings (SSSR count). The number of hydrogen-bond acceptors (Lipinski definition) is 6. The molecule has 2 N–H and O–H groups in total. The van der Waals surface area contributed by atoms with Crippen LogP contribution in [0.25, 0.3) is 0 Å². The molecule has 0 spiro atoms. The number of anilines is 1. The first kappa shape index (κ1) is 14.3. The standard InChI is InChI=1S/C13H12BrN3O3/c1-7(18)9-5-8(15)3-4-11(9)20-13-16-6-10(14)12(17-13)19-2/h3-6H,15H2,1-2H3. The Kier molecular flexibility index (Phi) is 4.19. The van der Waals surface area contributed by atoms with Gasteiger partial charge in [0, 0.05) is 5.69 Å². The molecule has 1 aromatic heterocycles. The molecule has 0 radical (unpaired) electrons. The highest BCUT2D eigenvalue weighted by molar-refractivity contribution is 9.10. The average Bonchev–Trinajstić information content (AvgIpc) is 2.42. The molecule has 0 atom stereocenters. The second-order valence-corrected chi connectivity index (χ2v) is 4.78. The van der Waals surface area contributed by atoms with Crippen molar-refractivity contribution in [3.05, 3.63) is 34.4 Å². The van der Waals surface area contributed by atoms with Gasteiger partial charge in [-0.3, -0.25) is 4.79 Å². The van der Waals surface area contributed by atoms with Gasteiger partial charge in [-0.25, -0.2) is 4.98 Å².